The molecule has 0 amide bonds. The number of nitrogens with zero attached hydrogens (tertiary/aromatic N) is 4. The molecule has 3 aromatic carbocycles. The maximum absolute atomic E-state index is 6.99. The van der Waals surface area contributed by atoms with E-state index in [1.807, 2.05) is 6.07 Å². The van der Waals surface area contributed by atoms with Crippen molar-refractivity contribution in [3.8, 4) is 17.1 Å². The van der Waals surface area contributed by atoms with Crippen molar-refractivity contribution < 1.29 is 4.74 Å². The first-order valence-corrected chi connectivity index (χ1v) is 15.4. The monoisotopic (exact) mass is 565 g/mol. The third-order valence-corrected chi connectivity index (χ3v) is 8.78. The molecule has 6 nitrogen and oxygen atoms in total. The minimum Gasteiger partial charge on any atom is -0.471 e. The van der Waals surface area contributed by atoms with Crippen LogP contribution in [0.4, 0.5) is 11.6 Å². The van der Waals surface area contributed by atoms with Gasteiger partial charge in [0.25, 0.3) is 0 Å². The van der Waals surface area contributed by atoms with Gasteiger partial charge in [-0.25, -0.2) is 4.98 Å². The molecule has 0 aliphatic carbocycles. The Labute approximate surface area is 248 Å². The van der Waals surface area contributed by atoms with Gasteiger partial charge in [-0.05, 0) is 73.0 Å². The fourth-order valence-corrected chi connectivity index (χ4v) is 6.76. The van der Waals surface area contributed by atoms with E-state index in [1.54, 1.807) is 11.9 Å². The summed E-state index contributed by atoms with van der Waals surface area (Å²) in [6.07, 6.45) is 0.953. The number of aromatic nitrogens is 2. The molecule has 4 aromatic rings. The zero-order chi connectivity index (χ0) is 28.3. The van der Waals surface area contributed by atoms with Crippen LogP contribution in [0.1, 0.15) is 37.0 Å². The molecular formula is C34H39N5OS. The summed E-state index contributed by atoms with van der Waals surface area (Å²) in [5.74, 6) is 1.70. The van der Waals surface area contributed by atoms with E-state index in [9.17, 15) is 0 Å². The Morgan fingerprint density at radius 2 is 1.71 bits per heavy atom. The first kappa shape index (κ1) is 27.6. The highest BCUT2D eigenvalue weighted by Gasteiger charge is 2.35. The van der Waals surface area contributed by atoms with Gasteiger partial charge in [-0.1, -0.05) is 68.4 Å². The van der Waals surface area contributed by atoms with Gasteiger partial charge in [-0.2, -0.15) is 4.98 Å². The van der Waals surface area contributed by atoms with E-state index in [2.05, 4.69) is 115 Å². The summed E-state index contributed by atoms with van der Waals surface area (Å²) in [5, 5.41) is 0. The predicted octanol–water partition coefficient (Wildman–Crippen LogP) is 7.38. The van der Waals surface area contributed by atoms with Crippen LogP contribution in [0.5, 0.6) is 5.88 Å². The van der Waals surface area contributed by atoms with Gasteiger partial charge >= 0.3 is 0 Å². The summed E-state index contributed by atoms with van der Waals surface area (Å²) >= 11 is 1.54. The lowest BCUT2D eigenvalue weighted by Crippen LogP contribution is -2.48. The van der Waals surface area contributed by atoms with Gasteiger partial charge in [0.1, 0.15) is 6.10 Å². The molecular weight excluding hydrogens is 526 g/mol. The number of rotatable bonds is 5. The molecule has 7 heteroatoms. The standard InChI is InChI=1S/C34H39N5OS/c1-23(2)18-30-31-22-38(21-26-12-6-5-7-13-26)16-17-39(30)27-14-9-15-28(19-27)41-37-34-35-29(20-32(36-34)40-31)33-24(3)10-8-11-25(33)4/h5-15,19-20,23,30-31H,16-18,21-22H2,1-4H3,(H,35,36,37). The Balaban J connectivity index is 1.46. The Morgan fingerprint density at radius 1 is 0.927 bits per heavy atom. The number of benzene rings is 3. The van der Waals surface area contributed by atoms with Crippen LogP contribution in [-0.4, -0.2) is 46.6 Å². The van der Waals surface area contributed by atoms with Crippen LogP contribution >= 0.6 is 11.9 Å². The van der Waals surface area contributed by atoms with Gasteiger partial charge in [-0.3, -0.25) is 9.62 Å². The lowest BCUT2D eigenvalue weighted by molar-refractivity contribution is 0.113. The fraction of sp³-hybridized carbons (Fsp3) is 0.353. The Bertz CT molecular complexity index is 1470. The van der Waals surface area contributed by atoms with Gasteiger partial charge in [0.15, 0.2) is 0 Å². The van der Waals surface area contributed by atoms with Crippen LogP contribution in [0.3, 0.4) is 0 Å². The molecule has 0 spiro atoms. The molecule has 1 saturated heterocycles. The topological polar surface area (TPSA) is 53.5 Å². The normalized spacial score (nSPS) is 19.0. The summed E-state index contributed by atoms with van der Waals surface area (Å²) in [4.78, 5) is 16.1. The van der Waals surface area contributed by atoms with E-state index in [1.165, 1.54) is 22.4 Å². The van der Waals surface area contributed by atoms with Crippen molar-refractivity contribution in [3.05, 3.63) is 95.6 Å². The first-order valence-electron chi connectivity index (χ1n) is 14.6. The van der Waals surface area contributed by atoms with E-state index in [-0.39, 0.29) is 12.1 Å². The van der Waals surface area contributed by atoms with E-state index in [0.29, 0.717) is 17.7 Å². The molecule has 2 aliphatic rings. The number of fused-ring (bicyclic) bond motifs is 7. The SMILES string of the molecule is Cc1cccc(C)c1-c1cc2nc(n1)NSc1cccc(c1)N1CCN(Cc3ccccc3)CC(O2)C1CC(C)C. The molecule has 212 valence electrons. The number of aryl methyl sites for hydroxylation is 2. The molecule has 3 heterocycles. The lowest BCUT2D eigenvalue weighted by atomic mass is 9.96. The second-order valence-electron chi connectivity index (χ2n) is 11.7. The minimum absolute atomic E-state index is 0.0760. The summed E-state index contributed by atoms with van der Waals surface area (Å²) in [7, 11) is 0. The molecule has 41 heavy (non-hydrogen) atoms. The fourth-order valence-electron chi connectivity index (χ4n) is 6.13. The molecule has 6 bridgehead atoms. The van der Waals surface area contributed by atoms with Crippen molar-refractivity contribution in [1.29, 1.82) is 0 Å². The first-order chi connectivity index (χ1) is 19.9. The zero-order valence-corrected chi connectivity index (χ0v) is 25.2. The van der Waals surface area contributed by atoms with Crippen LogP contribution in [0.2, 0.25) is 0 Å². The molecule has 1 N–H and O–H groups in total. The zero-order valence-electron chi connectivity index (χ0n) is 24.4. The third kappa shape index (κ3) is 6.36. The number of nitrogens with one attached hydrogen (secondary N) is 1. The highest BCUT2D eigenvalue weighted by atomic mass is 32.2. The van der Waals surface area contributed by atoms with Gasteiger partial charge < -0.3 is 9.64 Å². The third-order valence-electron chi connectivity index (χ3n) is 8.01. The Hall–Kier alpha value is -3.55. The number of ether oxygens (including phenoxy) is 1. The number of hydrogen-bond acceptors (Lipinski definition) is 7. The van der Waals surface area contributed by atoms with Gasteiger partial charge in [0.2, 0.25) is 11.8 Å². The summed E-state index contributed by atoms with van der Waals surface area (Å²) < 4.78 is 10.4. The highest BCUT2D eigenvalue weighted by Crippen LogP contribution is 2.35. The van der Waals surface area contributed by atoms with Crippen molar-refractivity contribution >= 4 is 23.6 Å². The maximum Gasteiger partial charge on any atom is 0.237 e. The number of anilines is 2. The molecule has 1 aromatic heterocycles. The van der Waals surface area contributed by atoms with Crippen molar-refractivity contribution in [3.63, 3.8) is 0 Å². The smallest absolute Gasteiger partial charge is 0.237 e. The molecule has 1 fully saturated rings. The molecule has 2 unspecified atom stereocenters. The van der Waals surface area contributed by atoms with E-state index >= 15 is 0 Å². The van der Waals surface area contributed by atoms with Crippen LogP contribution < -0.4 is 14.4 Å². The van der Waals surface area contributed by atoms with E-state index in [0.717, 1.165) is 48.8 Å². The second-order valence-corrected chi connectivity index (χ2v) is 12.5. The Morgan fingerprint density at radius 3 is 2.49 bits per heavy atom. The average molecular weight is 566 g/mol. The van der Waals surface area contributed by atoms with E-state index < -0.39 is 0 Å². The quantitative estimate of drug-likeness (QED) is 0.253. The van der Waals surface area contributed by atoms with Gasteiger partial charge in [0, 0.05) is 48.4 Å². The molecule has 6 rings (SSSR count). The average Bonchev–Trinajstić information content (AvgIpc) is 3.11. The molecule has 2 aliphatic heterocycles. The summed E-state index contributed by atoms with van der Waals surface area (Å²) in [5.41, 5.74) is 6.95. The molecule has 0 radical (unpaired) electrons. The maximum atomic E-state index is 6.99. The van der Waals surface area contributed by atoms with Crippen molar-refractivity contribution in [2.75, 3.05) is 29.3 Å². The lowest BCUT2D eigenvalue weighted by Gasteiger charge is -2.37. The van der Waals surface area contributed by atoms with Gasteiger partial charge in [0.05, 0.1) is 11.7 Å². The van der Waals surface area contributed by atoms with Crippen molar-refractivity contribution in [2.45, 2.75) is 57.7 Å². The van der Waals surface area contributed by atoms with Crippen molar-refractivity contribution in [2.24, 2.45) is 5.92 Å². The second kappa shape index (κ2) is 12.1. The van der Waals surface area contributed by atoms with Crippen molar-refractivity contribution in [1.82, 2.24) is 14.9 Å². The largest absolute Gasteiger partial charge is 0.471 e. The predicted molar refractivity (Wildman–Crippen MR) is 170 cm³/mol. The van der Waals surface area contributed by atoms with Crippen LogP contribution in [0, 0.1) is 19.8 Å². The summed E-state index contributed by atoms with van der Waals surface area (Å²) in [6, 6.07) is 28.2. The van der Waals surface area contributed by atoms with Crippen LogP contribution in [0.15, 0.2) is 83.8 Å². The van der Waals surface area contributed by atoms with Gasteiger partial charge in [-0.15, -0.1) is 0 Å². The minimum atomic E-state index is -0.0760. The highest BCUT2D eigenvalue weighted by molar-refractivity contribution is 8.00. The van der Waals surface area contributed by atoms with E-state index in [4.69, 9.17) is 14.7 Å². The van der Waals surface area contributed by atoms with Crippen LogP contribution in [0.25, 0.3) is 11.3 Å². The number of hydrogen-bond donors (Lipinski definition) is 1. The molecule has 2 atom stereocenters. The van der Waals surface area contributed by atoms with Crippen LogP contribution in [-0.2, 0) is 6.54 Å². The molecule has 0 saturated carbocycles. The summed E-state index contributed by atoms with van der Waals surface area (Å²) in [6.45, 7) is 12.5. The Kier molecular flexibility index (Phi) is 8.17.